The Hall–Kier alpha value is -4.90. The summed E-state index contributed by atoms with van der Waals surface area (Å²) in [5.41, 5.74) is 15.6. The van der Waals surface area contributed by atoms with E-state index in [2.05, 4.69) is 163 Å². The molecule has 7 aromatic rings. The minimum Gasteiger partial charge on any atom is -0.311 e. The molecule has 3 aliphatic heterocycles. The molecule has 46 heavy (non-hydrogen) atoms. The highest BCUT2D eigenvalue weighted by molar-refractivity contribution is 8.01. The van der Waals surface area contributed by atoms with Gasteiger partial charge in [-0.3, -0.25) is 0 Å². The van der Waals surface area contributed by atoms with Crippen LogP contribution in [0.4, 0.5) is 17.1 Å². The summed E-state index contributed by atoms with van der Waals surface area (Å²) >= 11 is 3.89. The molecule has 0 spiro atoms. The summed E-state index contributed by atoms with van der Waals surface area (Å²) < 4.78 is 0. The predicted octanol–water partition coefficient (Wildman–Crippen LogP) is 9.92. The largest absolute Gasteiger partial charge is 0.311 e. The minimum absolute atomic E-state index is 0.182. The first kappa shape index (κ1) is 26.3. The van der Waals surface area contributed by atoms with Gasteiger partial charge >= 0.3 is 0 Å². The molecule has 0 aromatic heterocycles. The lowest BCUT2D eigenvalue weighted by Gasteiger charge is -2.44. The molecular formula is C42H26BNS2. The summed E-state index contributed by atoms with van der Waals surface area (Å²) in [6, 6.07) is 58.1. The lowest BCUT2D eigenvalue weighted by molar-refractivity contribution is 1.24. The lowest BCUT2D eigenvalue weighted by Crippen LogP contribution is -2.62. The van der Waals surface area contributed by atoms with Gasteiger partial charge in [-0.25, -0.2) is 0 Å². The number of nitrogens with zero attached hydrogens (tertiary/aromatic N) is 1. The second-order valence-electron chi connectivity index (χ2n) is 12.1. The van der Waals surface area contributed by atoms with Gasteiger partial charge in [-0.1, -0.05) is 133 Å². The van der Waals surface area contributed by atoms with Gasteiger partial charge < -0.3 is 4.90 Å². The zero-order valence-corrected chi connectivity index (χ0v) is 26.5. The first-order valence-corrected chi connectivity index (χ1v) is 17.3. The van der Waals surface area contributed by atoms with Crippen LogP contribution in [-0.2, 0) is 0 Å². The maximum atomic E-state index is 2.53. The van der Waals surface area contributed by atoms with E-state index in [0.717, 1.165) is 0 Å². The van der Waals surface area contributed by atoms with Gasteiger partial charge in [-0.05, 0) is 98.3 Å². The van der Waals surface area contributed by atoms with E-state index in [0.29, 0.717) is 0 Å². The highest BCUT2D eigenvalue weighted by Gasteiger charge is 2.46. The standard InChI is InChI=1S/C42H26BNS2/c1-5-13-27(14-6-1)30-21-34-40-36(23-30)45-38-25-32(29-17-9-3-10-18-29)26-39-42(38)43(40)41-35(44(34)33-19-11-4-12-20-33)22-31(24-37(41)46-39)28-15-7-2-8-16-28/h1-26H. The average Bonchev–Trinajstić information content (AvgIpc) is 3.12. The number of hydrogen-bond donors (Lipinski definition) is 0. The van der Waals surface area contributed by atoms with Crippen LogP contribution in [-0.4, -0.2) is 6.71 Å². The summed E-state index contributed by atoms with van der Waals surface area (Å²) in [6.45, 7) is 0.182. The van der Waals surface area contributed by atoms with Crippen molar-refractivity contribution in [2.75, 3.05) is 4.90 Å². The number of para-hydroxylation sites is 1. The van der Waals surface area contributed by atoms with Crippen LogP contribution in [0.1, 0.15) is 0 Å². The Kier molecular flexibility index (Phi) is 5.91. The molecule has 0 amide bonds. The molecule has 0 N–H and O–H groups in total. The van der Waals surface area contributed by atoms with E-state index in [4.69, 9.17) is 0 Å². The zero-order chi connectivity index (χ0) is 30.2. The van der Waals surface area contributed by atoms with Crippen molar-refractivity contribution >= 4 is 63.7 Å². The number of rotatable bonds is 4. The van der Waals surface area contributed by atoms with Gasteiger partial charge in [0.1, 0.15) is 0 Å². The highest BCUT2D eigenvalue weighted by Crippen LogP contribution is 2.50. The van der Waals surface area contributed by atoms with Gasteiger partial charge in [-0.2, -0.15) is 0 Å². The molecule has 3 heterocycles. The van der Waals surface area contributed by atoms with Gasteiger partial charge in [0, 0.05) is 36.6 Å². The van der Waals surface area contributed by atoms with Gasteiger partial charge in [0.15, 0.2) is 0 Å². The van der Waals surface area contributed by atoms with E-state index in [1.165, 1.54) is 86.4 Å². The average molecular weight is 620 g/mol. The minimum atomic E-state index is 0.182. The summed E-state index contributed by atoms with van der Waals surface area (Å²) in [5.74, 6) is 0. The van der Waals surface area contributed by atoms with Crippen LogP contribution in [0.2, 0.25) is 0 Å². The predicted molar refractivity (Wildman–Crippen MR) is 197 cm³/mol. The Morgan fingerprint density at radius 3 is 1.11 bits per heavy atom. The van der Waals surface area contributed by atoms with Crippen molar-refractivity contribution in [3.8, 4) is 33.4 Å². The van der Waals surface area contributed by atoms with Crippen LogP contribution in [0.5, 0.6) is 0 Å². The van der Waals surface area contributed by atoms with Crippen LogP contribution < -0.4 is 21.3 Å². The molecule has 214 valence electrons. The molecule has 0 atom stereocenters. The van der Waals surface area contributed by atoms with Gasteiger partial charge in [0.25, 0.3) is 6.71 Å². The molecule has 3 aliphatic rings. The Balaban J connectivity index is 1.31. The highest BCUT2D eigenvalue weighted by atomic mass is 32.2. The SMILES string of the molecule is c1ccc(-c2cc3c4c(c2)Sc2cc(-c5ccccc5)cc5c2B4c2c(cc(-c4ccccc4)cc2N5c2ccccc2)S3)cc1. The van der Waals surface area contributed by atoms with Crippen LogP contribution >= 0.6 is 23.5 Å². The Morgan fingerprint density at radius 1 is 0.348 bits per heavy atom. The molecule has 7 aromatic carbocycles. The van der Waals surface area contributed by atoms with Crippen molar-refractivity contribution in [3.63, 3.8) is 0 Å². The Bertz CT molecular complexity index is 2180. The fourth-order valence-corrected chi connectivity index (χ4v) is 10.1. The second-order valence-corrected chi connectivity index (χ2v) is 14.3. The normalized spacial score (nSPS) is 13.4. The number of hydrogen-bond acceptors (Lipinski definition) is 3. The summed E-state index contributed by atoms with van der Waals surface area (Å²) in [6.07, 6.45) is 0. The van der Waals surface area contributed by atoms with E-state index in [1.807, 2.05) is 23.5 Å². The third-order valence-electron chi connectivity index (χ3n) is 9.47. The van der Waals surface area contributed by atoms with E-state index in [9.17, 15) is 0 Å². The summed E-state index contributed by atoms with van der Waals surface area (Å²) in [5, 5.41) is 0. The molecule has 1 nitrogen and oxygen atoms in total. The smallest absolute Gasteiger partial charge is 0.252 e. The topological polar surface area (TPSA) is 3.24 Å². The fourth-order valence-electron chi connectivity index (χ4n) is 7.44. The quantitative estimate of drug-likeness (QED) is 0.181. The third-order valence-corrected chi connectivity index (χ3v) is 11.7. The molecule has 0 unspecified atom stereocenters. The van der Waals surface area contributed by atoms with Crippen LogP contribution in [0, 0.1) is 0 Å². The molecule has 4 heteroatoms. The van der Waals surface area contributed by atoms with Crippen LogP contribution in [0.25, 0.3) is 33.4 Å². The van der Waals surface area contributed by atoms with Gasteiger partial charge in [0.05, 0.1) is 0 Å². The number of benzene rings is 7. The Morgan fingerprint density at radius 2 is 0.696 bits per heavy atom. The maximum Gasteiger partial charge on any atom is 0.252 e. The molecule has 0 aliphatic carbocycles. The van der Waals surface area contributed by atoms with Crippen molar-refractivity contribution in [3.05, 3.63) is 158 Å². The van der Waals surface area contributed by atoms with Crippen molar-refractivity contribution in [2.24, 2.45) is 0 Å². The van der Waals surface area contributed by atoms with E-state index < -0.39 is 0 Å². The van der Waals surface area contributed by atoms with Crippen molar-refractivity contribution in [1.82, 2.24) is 0 Å². The fraction of sp³-hybridized carbons (Fsp3) is 0. The maximum absolute atomic E-state index is 2.53. The molecule has 0 saturated carbocycles. The van der Waals surface area contributed by atoms with Crippen LogP contribution in [0.15, 0.2) is 177 Å². The molecular weight excluding hydrogens is 593 g/mol. The van der Waals surface area contributed by atoms with E-state index >= 15 is 0 Å². The Labute approximate surface area is 278 Å². The monoisotopic (exact) mass is 619 g/mol. The van der Waals surface area contributed by atoms with Crippen molar-refractivity contribution < 1.29 is 0 Å². The van der Waals surface area contributed by atoms with Gasteiger partial charge in [0.2, 0.25) is 0 Å². The molecule has 0 radical (unpaired) electrons. The first-order valence-electron chi connectivity index (χ1n) is 15.7. The van der Waals surface area contributed by atoms with E-state index in [1.54, 1.807) is 0 Å². The first-order chi connectivity index (χ1) is 22.8. The van der Waals surface area contributed by atoms with E-state index in [-0.39, 0.29) is 6.71 Å². The van der Waals surface area contributed by atoms with Crippen molar-refractivity contribution in [2.45, 2.75) is 19.6 Å². The van der Waals surface area contributed by atoms with Crippen LogP contribution in [0.3, 0.4) is 0 Å². The zero-order valence-electron chi connectivity index (χ0n) is 24.9. The van der Waals surface area contributed by atoms with Crippen molar-refractivity contribution in [1.29, 1.82) is 0 Å². The van der Waals surface area contributed by atoms with Gasteiger partial charge in [-0.15, -0.1) is 0 Å². The molecule has 0 bridgehead atoms. The second kappa shape index (κ2) is 10.3. The third kappa shape index (κ3) is 4.00. The molecule has 0 saturated heterocycles. The molecule has 10 rings (SSSR count). The lowest BCUT2D eigenvalue weighted by atomic mass is 9.34. The number of anilines is 3. The molecule has 0 fully saturated rings. The summed E-state index contributed by atoms with van der Waals surface area (Å²) in [4.78, 5) is 7.97. The summed E-state index contributed by atoms with van der Waals surface area (Å²) in [7, 11) is 0.